The zero-order valence-electron chi connectivity index (χ0n) is 18.0. The molecular weight excluding hydrogens is 382 g/mol. The highest BCUT2D eigenvalue weighted by Gasteiger charge is 2.21. The lowest BCUT2D eigenvalue weighted by Gasteiger charge is -2.10. The van der Waals surface area contributed by atoms with Gasteiger partial charge in [-0.1, -0.05) is 6.07 Å². The average Bonchev–Trinajstić information content (AvgIpc) is 3.10. The van der Waals surface area contributed by atoms with E-state index >= 15 is 0 Å². The fraction of sp³-hybridized carbons (Fsp3) is 0.375. The lowest BCUT2D eigenvalue weighted by atomic mass is 10.1. The molecule has 6 nitrogen and oxygen atoms in total. The van der Waals surface area contributed by atoms with Gasteiger partial charge in [0.05, 0.1) is 20.8 Å². The van der Waals surface area contributed by atoms with E-state index in [1.54, 1.807) is 20.3 Å². The van der Waals surface area contributed by atoms with Crippen molar-refractivity contribution in [2.75, 3.05) is 27.4 Å². The highest BCUT2D eigenvalue weighted by Crippen LogP contribution is 2.35. The van der Waals surface area contributed by atoms with E-state index < -0.39 is 0 Å². The molecule has 2 aromatic carbocycles. The van der Waals surface area contributed by atoms with Crippen molar-refractivity contribution in [3.05, 3.63) is 53.1 Å². The van der Waals surface area contributed by atoms with Gasteiger partial charge in [-0.25, -0.2) is 0 Å². The molecule has 1 N–H and O–H groups in total. The maximum absolute atomic E-state index is 12.3. The van der Waals surface area contributed by atoms with E-state index in [2.05, 4.69) is 5.32 Å². The van der Waals surface area contributed by atoms with Gasteiger partial charge in [0, 0.05) is 30.2 Å². The van der Waals surface area contributed by atoms with Crippen LogP contribution in [0.15, 0.2) is 36.4 Å². The van der Waals surface area contributed by atoms with Crippen LogP contribution in [0.2, 0.25) is 0 Å². The second-order valence-corrected chi connectivity index (χ2v) is 7.13. The fourth-order valence-corrected chi connectivity index (χ4v) is 3.46. The summed E-state index contributed by atoms with van der Waals surface area (Å²) in [5.74, 6) is 2.83. The monoisotopic (exact) mass is 411 g/mol. The molecule has 1 atom stereocenters. The first-order chi connectivity index (χ1) is 14.5. The van der Waals surface area contributed by atoms with E-state index in [1.165, 1.54) is 6.08 Å². The van der Waals surface area contributed by atoms with Crippen molar-refractivity contribution >= 4 is 12.0 Å². The molecule has 0 saturated carbocycles. The Balaban J connectivity index is 1.59. The number of fused-ring (bicyclic) bond motifs is 1. The van der Waals surface area contributed by atoms with Crippen LogP contribution < -0.4 is 24.3 Å². The molecule has 0 bridgehead atoms. The fourth-order valence-electron chi connectivity index (χ4n) is 3.46. The summed E-state index contributed by atoms with van der Waals surface area (Å²) in [6.45, 7) is 5.07. The van der Waals surface area contributed by atoms with Gasteiger partial charge in [-0.2, -0.15) is 0 Å². The van der Waals surface area contributed by atoms with Crippen molar-refractivity contribution in [2.45, 2.75) is 32.8 Å². The van der Waals surface area contributed by atoms with Gasteiger partial charge in [-0.15, -0.1) is 0 Å². The summed E-state index contributed by atoms with van der Waals surface area (Å²) >= 11 is 0. The molecule has 0 radical (unpaired) electrons. The van der Waals surface area contributed by atoms with Crippen LogP contribution in [-0.2, 0) is 17.6 Å². The minimum atomic E-state index is -0.160. The molecule has 0 fully saturated rings. The number of carbonyl (C=O) groups is 1. The first kappa shape index (κ1) is 21.6. The summed E-state index contributed by atoms with van der Waals surface area (Å²) in [5.41, 5.74) is 3.03. The van der Waals surface area contributed by atoms with Gasteiger partial charge in [-0.3, -0.25) is 4.79 Å². The van der Waals surface area contributed by atoms with Gasteiger partial charge < -0.3 is 24.3 Å². The topological polar surface area (TPSA) is 66.0 Å². The first-order valence-electron chi connectivity index (χ1n) is 10.2. The smallest absolute Gasteiger partial charge is 0.244 e. The third kappa shape index (κ3) is 5.26. The van der Waals surface area contributed by atoms with E-state index in [-0.39, 0.29) is 12.0 Å². The van der Waals surface area contributed by atoms with E-state index in [0.717, 1.165) is 34.6 Å². The number of amides is 1. The van der Waals surface area contributed by atoms with Gasteiger partial charge in [0.15, 0.2) is 11.5 Å². The summed E-state index contributed by atoms with van der Waals surface area (Å²) in [5, 5.41) is 2.91. The van der Waals surface area contributed by atoms with Crippen molar-refractivity contribution in [3.63, 3.8) is 0 Å². The van der Waals surface area contributed by atoms with Crippen LogP contribution in [0.3, 0.4) is 0 Å². The molecule has 1 aliphatic heterocycles. The van der Waals surface area contributed by atoms with Crippen LogP contribution in [-0.4, -0.2) is 39.4 Å². The molecule has 0 saturated heterocycles. The maximum atomic E-state index is 12.3. The largest absolute Gasteiger partial charge is 0.493 e. The SMILES string of the molecule is CCOc1cc2c(cc1/C=C/C(=O)NCCc1ccc(OC)c(OC)c1)O[C@H](C)C2. The zero-order valence-corrected chi connectivity index (χ0v) is 18.0. The molecule has 0 aliphatic carbocycles. The Morgan fingerprint density at radius 3 is 2.70 bits per heavy atom. The summed E-state index contributed by atoms with van der Waals surface area (Å²) in [7, 11) is 3.21. The van der Waals surface area contributed by atoms with Crippen molar-refractivity contribution in [1.29, 1.82) is 0 Å². The van der Waals surface area contributed by atoms with Gasteiger partial charge in [0.2, 0.25) is 5.91 Å². The highest BCUT2D eigenvalue weighted by molar-refractivity contribution is 5.92. The second kappa shape index (κ2) is 10.1. The minimum absolute atomic E-state index is 0.160. The van der Waals surface area contributed by atoms with Crippen LogP contribution in [0, 0.1) is 0 Å². The van der Waals surface area contributed by atoms with Crippen molar-refractivity contribution < 1.29 is 23.7 Å². The predicted molar refractivity (Wildman–Crippen MR) is 117 cm³/mol. The lowest BCUT2D eigenvalue weighted by Crippen LogP contribution is -2.23. The molecule has 0 unspecified atom stereocenters. The van der Waals surface area contributed by atoms with Crippen molar-refractivity contribution in [2.24, 2.45) is 0 Å². The van der Waals surface area contributed by atoms with Gasteiger partial charge in [0.1, 0.15) is 17.6 Å². The third-order valence-corrected chi connectivity index (χ3v) is 4.90. The van der Waals surface area contributed by atoms with E-state index in [9.17, 15) is 4.79 Å². The van der Waals surface area contributed by atoms with Crippen molar-refractivity contribution in [3.8, 4) is 23.0 Å². The maximum Gasteiger partial charge on any atom is 0.244 e. The number of hydrogen-bond acceptors (Lipinski definition) is 5. The van der Waals surface area contributed by atoms with Gasteiger partial charge >= 0.3 is 0 Å². The summed E-state index contributed by atoms with van der Waals surface area (Å²) in [6.07, 6.45) is 5.01. The van der Waals surface area contributed by atoms with E-state index in [1.807, 2.05) is 44.2 Å². The Morgan fingerprint density at radius 2 is 1.97 bits per heavy atom. The molecular formula is C24H29NO5. The normalized spacial score (nSPS) is 14.9. The molecule has 3 rings (SSSR count). The standard InChI is InChI=1S/C24H29NO5/c1-5-29-21-15-19-12-16(2)30-22(19)14-18(21)7-9-24(26)25-11-10-17-6-8-20(27-3)23(13-17)28-4/h6-9,13-16H,5,10-12H2,1-4H3,(H,25,26)/b9-7+/t16-/m1/s1. The molecule has 0 spiro atoms. The Bertz CT molecular complexity index is 922. The van der Waals surface area contributed by atoms with Crippen LogP contribution in [0.4, 0.5) is 0 Å². The quantitative estimate of drug-likeness (QED) is 0.636. The molecule has 2 aromatic rings. The van der Waals surface area contributed by atoms with Gasteiger partial charge in [0.25, 0.3) is 0 Å². The van der Waals surface area contributed by atoms with E-state index in [0.29, 0.717) is 31.1 Å². The van der Waals surface area contributed by atoms with Crippen LogP contribution >= 0.6 is 0 Å². The highest BCUT2D eigenvalue weighted by atomic mass is 16.5. The second-order valence-electron chi connectivity index (χ2n) is 7.13. The number of methoxy groups -OCH3 is 2. The summed E-state index contributed by atoms with van der Waals surface area (Å²) in [6, 6.07) is 9.69. The molecule has 1 aliphatic rings. The number of nitrogens with one attached hydrogen (secondary N) is 1. The van der Waals surface area contributed by atoms with E-state index in [4.69, 9.17) is 18.9 Å². The predicted octanol–water partition coefficient (Wildman–Crippen LogP) is 3.80. The summed E-state index contributed by atoms with van der Waals surface area (Å²) < 4.78 is 22.1. The van der Waals surface area contributed by atoms with Crippen LogP contribution in [0.1, 0.15) is 30.5 Å². The number of carbonyl (C=O) groups excluding carboxylic acids is 1. The molecule has 30 heavy (non-hydrogen) atoms. The minimum Gasteiger partial charge on any atom is -0.493 e. The van der Waals surface area contributed by atoms with Crippen molar-refractivity contribution in [1.82, 2.24) is 5.32 Å². The van der Waals surface area contributed by atoms with Gasteiger partial charge in [-0.05, 0) is 56.2 Å². The molecule has 6 heteroatoms. The number of rotatable bonds is 9. The van der Waals surface area contributed by atoms with Crippen LogP contribution in [0.5, 0.6) is 23.0 Å². The Kier molecular flexibility index (Phi) is 7.22. The average molecular weight is 411 g/mol. The summed E-state index contributed by atoms with van der Waals surface area (Å²) in [4.78, 5) is 12.3. The number of benzene rings is 2. The first-order valence-corrected chi connectivity index (χ1v) is 10.2. The molecule has 160 valence electrons. The Hall–Kier alpha value is -3.15. The number of hydrogen-bond donors (Lipinski definition) is 1. The Labute approximate surface area is 177 Å². The molecule has 1 amide bonds. The molecule has 0 aromatic heterocycles. The number of ether oxygens (including phenoxy) is 4. The molecule has 1 heterocycles. The Morgan fingerprint density at radius 1 is 1.17 bits per heavy atom. The van der Waals surface area contributed by atoms with Crippen LogP contribution in [0.25, 0.3) is 6.08 Å². The third-order valence-electron chi connectivity index (χ3n) is 4.90. The zero-order chi connectivity index (χ0) is 21.5. The lowest BCUT2D eigenvalue weighted by molar-refractivity contribution is -0.116.